The van der Waals surface area contributed by atoms with Gasteiger partial charge in [0.1, 0.15) is 0 Å². The molecule has 1 N–H and O–H groups in total. The number of hydrogen-bond donors (Lipinski definition) is 1. The van der Waals surface area contributed by atoms with E-state index < -0.39 is 5.97 Å². The number of aryl methyl sites for hydroxylation is 1. The van der Waals surface area contributed by atoms with Gasteiger partial charge in [-0.1, -0.05) is 62.9 Å². The summed E-state index contributed by atoms with van der Waals surface area (Å²) in [6.45, 7) is 2.04. The van der Waals surface area contributed by atoms with Crippen molar-refractivity contribution in [3.63, 3.8) is 0 Å². The van der Waals surface area contributed by atoms with Crippen molar-refractivity contribution in [1.29, 1.82) is 0 Å². The maximum absolute atomic E-state index is 13.0. The SMILES string of the molecule is C.COC(=O)c1csc(NC(=O)C(CC2CCCC2)c2ccc(C)cc2)n1. The number of nitrogens with zero attached hydrogens (tertiary/aromatic N) is 1. The zero-order valence-electron chi connectivity index (χ0n) is 15.2. The Hall–Kier alpha value is -2.21. The Balaban J connectivity index is 0.00000261. The number of carbonyl (C=O) groups is 2. The number of amides is 1. The summed E-state index contributed by atoms with van der Waals surface area (Å²) in [4.78, 5) is 28.7. The van der Waals surface area contributed by atoms with Gasteiger partial charge < -0.3 is 10.1 Å². The molecule has 2 aromatic rings. The smallest absolute Gasteiger partial charge is 0.357 e. The van der Waals surface area contributed by atoms with Crippen molar-refractivity contribution in [2.75, 3.05) is 12.4 Å². The topological polar surface area (TPSA) is 68.3 Å². The fourth-order valence-electron chi connectivity index (χ4n) is 3.49. The average molecular weight is 389 g/mol. The lowest BCUT2D eigenvalue weighted by molar-refractivity contribution is -0.118. The maximum atomic E-state index is 13.0. The van der Waals surface area contributed by atoms with Crippen LogP contribution in [0.3, 0.4) is 0 Å². The van der Waals surface area contributed by atoms with Crippen LogP contribution in [0.1, 0.15) is 67.1 Å². The molecule has 1 amide bonds. The lowest BCUT2D eigenvalue weighted by Gasteiger charge is -2.20. The number of aromatic nitrogens is 1. The van der Waals surface area contributed by atoms with E-state index in [0.29, 0.717) is 11.0 Å². The second kappa shape index (κ2) is 9.65. The van der Waals surface area contributed by atoms with Gasteiger partial charge in [0.25, 0.3) is 0 Å². The summed E-state index contributed by atoms with van der Waals surface area (Å²) in [5, 5.41) is 4.92. The number of ether oxygens (including phenoxy) is 1. The number of hydrogen-bond acceptors (Lipinski definition) is 5. The van der Waals surface area contributed by atoms with Crippen LogP contribution < -0.4 is 5.32 Å². The van der Waals surface area contributed by atoms with Crippen LogP contribution in [0.25, 0.3) is 0 Å². The zero-order chi connectivity index (χ0) is 18.5. The summed E-state index contributed by atoms with van der Waals surface area (Å²) < 4.78 is 4.66. The molecule has 27 heavy (non-hydrogen) atoms. The molecule has 0 saturated heterocycles. The van der Waals surface area contributed by atoms with Crippen LogP contribution in [0.5, 0.6) is 0 Å². The molecular formula is C21H28N2O3S. The minimum absolute atomic E-state index is 0. The second-order valence-electron chi connectivity index (χ2n) is 6.87. The molecule has 0 aliphatic heterocycles. The Labute approximate surface area is 165 Å². The van der Waals surface area contributed by atoms with Crippen LogP contribution in [-0.4, -0.2) is 24.0 Å². The summed E-state index contributed by atoms with van der Waals surface area (Å²) in [5.41, 5.74) is 2.43. The first-order valence-corrected chi connectivity index (χ1v) is 9.86. The first-order chi connectivity index (χ1) is 12.6. The van der Waals surface area contributed by atoms with E-state index in [0.717, 1.165) is 12.0 Å². The molecule has 1 fully saturated rings. The van der Waals surface area contributed by atoms with Crippen LogP contribution >= 0.6 is 11.3 Å². The number of rotatable bonds is 6. The predicted molar refractivity (Wildman–Crippen MR) is 109 cm³/mol. The number of nitrogens with one attached hydrogen (secondary N) is 1. The Morgan fingerprint density at radius 1 is 1.26 bits per heavy atom. The van der Waals surface area contributed by atoms with E-state index in [1.54, 1.807) is 5.38 Å². The van der Waals surface area contributed by atoms with E-state index in [4.69, 9.17) is 0 Å². The van der Waals surface area contributed by atoms with Crippen molar-refractivity contribution in [3.8, 4) is 0 Å². The first-order valence-electron chi connectivity index (χ1n) is 8.98. The molecule has 0 radical (unpaired) electrons. The highest BCUT2D eigenvalue weighted by molar-refractivity contribution is 7.14. The van der Waals surface area contributed by atoms with Crippen molar-refractivity contribution in [3.05, 3.63) is 46.5 Å². The van der Waals surface area contributed by atoms with E-state index in [1.807, 2.05) is 31.2 Å². The van der Waals surface area contributed by atoms with Crippen LogP contribution in [0, 0.1) is 12.8 Å². The number of thiazole rings is 1. The quantitative estimate of drug-likeness (QED) is 0.693. The molecule has 146 valence electrons. The van der Waals surface area contributed by atoms with Gasteiger partial charge >= 0.3 is 5.97 Å². The normalized spacial score (nSPS) is 15.0. The first kappa shape index (κ1) is 21.1. The molecule has 1 aliphatic rings. The Morgan fingerprint density at radius 2 is 1.93 bits per heavy atom. The lowest BCUT2D eigenvalue weighted by atomic mass is 9.87. The molecule has 1 heterocycles. The molecule has 5 nitrogen and oxygen atoms in total. The molecule has 1 saturated carbocycles. The fraction of sp³-hybridized carbons (Fsp3) is 0.476. The van der Waals surface area contributed by atoms with Crippen molar-refractivity contribution in [2.24, 2.45) is 5.92 Å². The summed E-state index contributed by atoms with van der Waals surface area (Å²) in [5.74, 6) is -0.174. The molecule has 1 aromatic carbocycles. The monoisotopic (exact) mass is 388 g/mol. The fourth-order valence-corrected chi connectivity index (χ4v) is 4.18. The highest BCUT2D eigenvalue weighted by Crippen LogP contribution is 2.35. The van der Waals surface area contributed by atoms with Gasteiger partial charge in [-0.3, -0.25) is 4.79 Å². The average Bonchev–Trinajstić information content (AvgIpc) is 3.31. The summed E-state index contributed by atoms with van der Waals surface area (Å²) in [6, 6.07) is 8.17. The van der Waals surface area contributed by atoms with Gasteiger partial charge in [-0.15, -0.1) is 11.3 Å². The van der Waals surface area contributed by atoms with Gasteiger partial charge in [0.15, 0.2) is 10.8 Å². The third kappa shape index (κ3) is 5.39. The highest BCUT2D eigenvalue weighted by Gasteiger charge is 2.27. The minimum atomic E-state index is -0.497. The van der Waals surface area contributed by atoms with E-state index in [2.05, 4.69) is 15.0 Å². The Morgan fingerprint density at radius 3 is 2.56 bits per heavy atom. The molecule has 6 heteroatoms. The second-order valence-corrected chi connectivity index (χ2v) is 7.73. The number of benzene rings is 1. The van der Waals surface area contributed by atoms with Crippen molar-refractivity contribution in [2.45, 2.75) is 52.4 Å². The summed E-state index contributed by atoms with van der Waals surface area (Å²) in [7, 11) is 1.31. The maximum Gasteiger partial charge on any atom is 0.357 e. The van der Waals surface area contributed by atoms with Crippen molar-refractivity contribution in [1.82, 2.24) is 4.98 Å². The van der Waals surface area contributed by atoms with Crippen LogP contribution in [0.4, 0.5) is 5.13 Å². The zero-order valence-corrected chi connectivity index (χ0v) is 16.0. The number of anilines is 1. The lowest BCUT2D eigenvalue weighted by Crippen LogP contribution is -2.23. The van der Waals surface area contributed by atoms with Crippen molar-refractivity contribution < 1.29 is 14.3 Å². The molecule has 0 spiro atoms. The molecule has 1 aromatic heterocycles. The third-order valence-electron chi connectivity index (χ3n) is 4.97. The number of methoxy groups -OCH3 is 1. The Kier molecular flexibility index (Phi) is 7.54. The highest BCUT2D eigenvalue weighted by atomic mass is 32.1. The van der Waals surface area contributed by atoms with E-state index >= 15 is 0 Å². The molecule has 1 atom stereocenters. The minimum Gasteiger partial charge on any atom is -0.464 e. The molecule has 3 rings (SSSR count). The van der Waals surface area contributed by atoms with Crippen LogP contribution in [0.15, 0.2) is 29.6 Å². The predicted octanol–water partition coefficient (Wildman–Crippen LogP) is 5.18. The van der Waals surface area contributed by atoms with E-state index in [1.165, 1.54) is 49.7 Å². The Bertz CT molecular complexity index is 764. The molecule has 1 unspecified atom stereocenters. The number of esters is 1. The standard InChI is InChI=1S/C20H24N2O3S.CH4/c1-13-7-9-15(10-8-13)16(11-14-5-3-4-6-14)18(23)22-20-21-17(12-26-20)19(24)25-2;/h7-10,12,14,16H,3-6,11H2,1-2H3,(H,21,22,23);1H4. The van der Waals surface area contributed by atoms with Crippen LogP contribution in [-0.2, 0) is 9.53 Å². The summed E-state index contributed by atoms with van der Waals surface area (Å²) in [6.07, 6.45) is 5.74. The molecule has 1 aliphatic carbocycles. The van der Waals surface area contributed by atoms with Gasteiger partial charge in [-0.2, -0.15) is 0 Å². The van der Waals surface area contributed by atoms with E-state index in [9.17, 15) is 9.59 Å². The third-order valence-corrected chi connectivity index (χ3v) is 5.73. The largest absolute Gasteiger partial charge is 0.464 e. The van der Waals surface area contributed by atoms with E-state index in [-0.39, 0.29) is 24.9 Å². The molecular weight excluding hydrogens is 360 g/mol. The van der Waals surface area contributed by atoms with Crippen molar-refractivity contribution >= 4 is 28.3 Å². The van der Waals surface area contributed by atoms with Gasteiger partial charge in [-0.05, 0) is 24.8 Å². The molecule has 0 bridgehead atoms. The number of carbonyl (C=O) groups excluding carboxylic acids is 2. The van der Waals surface area contributed by atoms with Crippen LogP contribution in [0.2, 0.25) is 0 Å². The van der Waals surface area contributed by atoms with Gasteiger partial charge in [0, 0.05) is 5.38 Å². The summed E-state index contributed by atoms with van der Waals surface area (Å²) >= 11 is 1.24. The van der Waals surface area contributed by atoms with Gasteiger partial charge in [0.05, 0.1) is 13.0 Å². The van der Waals surface area contributed by atoms with Gasteiger partial charge in [0.2, 0.25) is 5.91 Å². The van der Waals surface area contributed by atoms with Gasteiger partial charge in [-0.25, -0.2) is 9.78 Å².